The Hall–Kier alpha value is -1.17. The molecule has 0 saturated carbocycles. The minimum Gasteiger partial charge on any atom is -0.389 e. The van der Waals surface area contributed by atoms with Crippen LogP contribution in [0.1, 0.15) is 16.3 Å². The molecule has 3 nitrogen and oxygen atoms in total. The van der Waals surface area contributed by atoms with E-state index in [1.807, 2.05) is 26.1 Å². The van der Waals surface area contributed by atoms with Crippen LogP contribution in [0.5, 0.6) is 0 Å². The molecule has 2 aromatic rings. The molecule has 0 atom stereocenters. The lowest BCUT2D eigenvalue weighted by Crippen LogP contribution is -2.17. The molecule has 19 heavy (non-hydrogen) atoms. The summed E-state index contributed by atoms with van der Waals surface area (Å²) >= 11 is 12.8. The van der Waals surface area contributed by atoms with E-state index < -0.39 is 0 Å². The van der Waals surface area contributed by atoms with Crippen molar-refractivity contribution in [1.29, 1.82) is 0 Å². The number of aryl methyl sites for hydroxylation is 1. The fraction of sp³-hybridized carbons (Fsp3) is 0.231. The van der Waals surface area contributed by atoms with E-state index in [1.165, 1.54) is 0 Å². The summed E-state index contributed by atoms with van der Waals surface area (Å²) in [4.78, 5) is 6.85. The van der Waals surface area contributed by atoms with Gasteiger partial charge in [0.1, 0.15) is 4.99 Å². The van der Waals surface area contributed by atoms with Crippen molar-refractivity contribution in [3.8, 4) is 0 Å². The Morgan fingerprint density at radius 2 is 2.26 bits per heavy atom. The molecule has 0 aliphatic rings. The SMILES string of the molecule is Cc1nc(CN(C)c2ccc(C(N)=S)cc2Cl)cs1. The van der Waals surface area contributed by atoms with Crippen molar-refractivity contribution in [1.82, 2.24) is 4.98 Å². The largest absolute Gasteiger partial charge is 0.389 e. The van der Waals surface area contributed by atoms with Gasteiger partial charge in [0, 0.05) is 18.0 Å². The van der Waals surface area contributed by atoms with E-state index in [2.05, 4.69) is 15.3 Å². The first-order valence-electron chi connectivity index (χ1n) is 5.69. The standard InChI is InChI=1S/C13H14ClN3S2/c1-8-16-10(7-19-8)6-17(2)12-4-3-9(13(15)18)5-11(12)14/h3-5,7H,6H2,1-2H3,(H2,15,18). The lowest BCUT2D eigenvalue weighted by molar-refractivity contribution is 0.890. The van der Waals surface area contributed by atoms with E-state index in [4.69, 9.17) is 29.6 Å². The van der Waals surface area contributed by atoms with Gasteiger partial charge in [-0.25, -0.2) is 4.98 Å². The summed E-state index contributed by atoms with van der Waals surface area (Å²) in [6.07, 6.45) is 0. The lowest BCUT2D eigenvalue weighted by Gasteiger charge is -2.20. The van der Waals surface area contributed by atoms with Gasteiger partial charge in [0.05, 0.1) is 28.0 Å². The summed E-state index contributed by atoms with van der Waals surface area (Å²) in [5.41, 5.74) is 8.34. The van der Waals surface area contributed by atoms with Gasteiger partial charge in [-0.1, -0.05) is 23.8 Å². The second kappa shape index (κ2) is 5.86. The van der Waals surface area contributed by atoms with Crippen LogP contribution in [0.2, 0.25) is 5.02 Å². The zero-order valence-electron chi connectivity index (χ0n) is 10.7. The van der Waals surface area contributed by atoms with E-state index in [-0.39, 0.29) is 0 Å². The lowest BCUT2D eigenvalue weighted by atomic mass is 10.2. The Morgan fingerprint density at radius 1 is 1.53 bits per heavy atom. The van der Waals surface area contributed by atoms with Crippen LogP contribution >= 0.6 is 35.2 Å². The van der Waals surface area contributed by atoms with Crippen LogP contribution in [0.25, 0.3) is 0 Å². The maximum atomic E-state index is 6.27. The number of hydrogen-bond donors (Lipinski definition) is 1. The normalized spacial score (nSPS) is 10.5. The number of anilines is 1. The predicted molar refractivity (Wildman–Crippen MR) is 86.3 cm³/mol. The number of rotatable bonds is 4. The van der Waals surface area contributed by atoms with Crippen molar-refractivity contribution in [2.24, 2.45) is 5.73 Å². The van der Waals surface area contributed by atoms with Gasteiger partial charge in [-0.3, -0.25) is 0 Å². The summed E-state index contributed by atoms with van der Waals surface area (Å²) in [7, 11) is 1.98. The van der Waals surface area contributed by atoms with Crippen molar-refractivity contribution in [2.75, 3.05) is 11.9 Å². The molecule has 0 unspecified atom stereocenters. The molecular weight excluding hydrogens is 298 g/mol. The molecule has 0 bridgehead atoms. The molecule has 1 aromatic carbocycles. The number of hydrogen-bond acceptors (Lipinski definition) is 4. The van der Waals surface area contributed by atoms with Crippen molar-refractivity contribution in [2.45, 2.75) is 13.5 Å². The molecule has 0 aliphatic heterocycles. The Labute approximate surface area is 127 Å². The first-order chi connectivity index (χ1) is 8.97. The van der Waals surface area contributed by atoms with Crippen LogP contribution in [0, 0.1) is 6.92 Å². The number of thiocarbonyl (C=S) groups is 1. The fourth-order valence-electron chi connectivity index (χ4n) is 1.78. The highest BCUT2D eigenvalue weighted by atomic mass is 35.5. The molecule has 2 N–H and O–H groups in total. The number of aromatic nitrogens is 1. The van der Waals surface area contributed by atoms with E-state index in [1.54, 1.807) is 17.4 Å². The van der Waals surface area contributed by atoms with E-state index in [9.17, 15) is 0 Å². The number of thiazole rings is 1. The maximum Gasteiger partial charge on any atom is 0.104 e. The summed E-state index contributed by atoms with van der Waals surface area (Å²) in [6.45, 7) is 2.72. The number of nitrogens with two attached hydrogens (primary N) is 1. The third-order valence-electron chi connectivity index (χ3n) is 2.71. The van der Waals surface area contributed by atoms with E-state index in [0.29, 0.717) is 10.0 Å². The second-order valence-electron chi connectivity index (χ2n) is 4.24. The molecule has 0 fully saturated rings. The maximum absolute atomic E-state index is 6.27. The van der Waals surface area contributed by atoms with Gasteiger partial charge >= 0.3 is 0 Å². The molecule has 0 saturated heterocycles. The minimum absolute atomic E-state index is 0.353. The van der Waals surface area contributed by atoms with Crippen molar-refractivity contribution in [3.63, 3.8) is 0 Å². The number of halogens is 1. The zero-order chi connectivity index (χ0) is 14.0. The van der Waals surface area contributed by atoms with Gasteiger partial charge in [-0.15, -0.1) is 11.3 Å². The highest BCUT2D eigenvalue weighted by Gasteiger charge is 2.10. The molecular formula is C13H14ClN3S2. The molecule has 0 spiro atoms. The molecule has 1 heterocycles. The van der Waals surface area contributed by atoms with Crippen LogP contribution < -0.4 is 10.6 Å². The summed E-state index contributed by atoms with van der Waals surface area (Å²) in [5.74, 6) is 0. The molecule has 0 radical (unpaired) electrons. The van der Waals surface area contributed by atoms with Gasteiger partial charge in [-0.05, 0) is 25.1 Å². The average molecular weight is 312 g/mol. The Bertz CT molecular complexity index is 610. The van der Waals surface area contributed by atoms with Crippen LogP contribution in [0.15, 0.2) is 23.6 Å². The van der Waals surface area contributed by atoms with Gasteiger partial charge in [0.15, 0.2) is 0 Å². The van der Waals surface area contributed by atoms with Crippen LogP contribution in [-0.4, -0.2) is 17.0 Å². The molecule has 100 valence electrons. The van der Waals surface area contributed by atoms with Gasteiger partial charge in [-0.2, -0.15) is 0 Å². The topological polar surface area (TPSA) is 42.2 Å². The molecule has 0 amide bonds. The van der Waals surface area contributed by atoms with Crippen molar-refractivity contribution in [3.05, 3.63) is 44.9 Å². The highest BCUT2D eigenvalue weighted by Crippen LogP contribution is 2.27. The summed E-state index contributed by atoms with van der Waals surface area (Å²) < 4.78 is 0. The number of nitrogens with zero attached hydrogens (tertiary/aromatic N) is 2. The quantitative estimate of drug-likeness (QED) is 0.879. The Kier molecular flexibility index (Phi) is 4.39. The van der Waals surface area contributed by atoms with Crippen LogP contribution in [-0.2, 0) is 6.54 Å². The van der Waals surface area contributed by atoms with E-state index >= 15 is 0 Å². The first-order valence-corrected chi connectivity index (χ1v) is 7.35. The summed E-state index contributed by atoms with van der Waals surface area (Å²) in [5, 5.41) is 3.77. The second-order valence-corrected chi connectivity index (χ2v) is 6.15. The summed E-state index contributed by atoms with van der Waals surface area (Å²) in [6, 6.07) is 5.60. The Morgan fingerprint density at radius 3 is 2.79 bits per heavy atom. The monoisotopic (exact) mass is 311 g/mol. The van der Waals surface area contributed by atoms with Gasteiger partial charge in [0.2, 0.25) is 0 Å². The smallest absolute Gasteiger partial charge is 0.104 e. The zero-order valence-corrected chi connectivity index (χ0v) is 13.1. The third kappa shape index (κ3) is 3.43. The van der Waals surface area contributed by atoms with Crippen LogP contribution in [0.4, 0.5) is 5.69 Å². The molecule has 0 aliphatic carbocycles. The van der Waals surface area contributed by atoms with Crippen molar-refractivity contribution >= 4 is 45.8 Å². The molecule has 2 rings (SSSR count). The van der Waals surface area contributed by atoms with Crippen LogP contribution in [0.3, 0.4) is 0 Å². The van der Waals surface area contributed by atoms with Crippen molar-refractivity contribution < 1.29 is 0 Å². The van der Waals surface area contributed by atoms with Gasteiger partial charge in [0.25, 0.3) is 0 Å². The predicted octanol–water partition coefficient (Wildman–Crippen LogP) is 3.38. The highest BCUT2D eigenvalue weighted by molar-refractivity contribution is 7.80. The average Bonchev–Trinajstić information content (AvgIpc) is 2.74. The van der Waals surface area contributed by atoms with E-state index in [0.717, 1.165) is 28.5 Å². The molecule has 6 heteroatoms. The number of benzene rings is 1. The van der Waals surface area contributed by atoms with Gasteiger partial charge < -0.3 is 10.6 Å². The Balaban J connectivity index is 2.19. The third-order valence-corrected chi connectivity index (χ3v) is 4.07. The molecule has 1 aromatic heterocycles. The first kappa shape index (κ1) is 14.2. The minimum atomic E-state index is 0.353. The fourth-order valence-corrected chi connectivity index (χ4v) is 2.83.